The minimum absolute atomic E-state index is 0.157. The molecule has 1 aromatic heterocycles. The molecule has 4 heteroatoms. The summed E-state index contributed by atoms with van der Waals surface area (Å²) in [7, 11) is 1.48. The minimum Gasteiger partial charge on any atom is -0.491 e. The van der Waals surface area contributed by atoms with E-state index in [9.17, 15) is 4.79 Å². The lowest BCUT2D eigenvalue weighted by molar-refractivity contribution is 0.403. The summed E-state index contributed by atoms with van der Waals surface area (Å²) in [5, 5.41) is 0.655. The van der Waals surface area contributed by atoms with Crippen LogP contribution in [-0.2, 0) is 6.54 Å². The zero-order chi connectivity index (χ0) is 12.3. The van der Waals surface area contributed by atoms with Gasteiger partial charge in [-0.2, -0.15) is 0 Å². The Kier molecular flexibility index (Phi) is 3.49. The average Bonchev–Trinajstić information content (AvgIpc) is 2.34. The zero-order valence-electron chi connectivity index (χ0n) is 9.39. The van der Waals surface area contributed by atoms with Crippen molar-refractivity contribution in [1.82, 2.24) is 4.57 Å². The maximum Gasteiger partial charge on any atom is 0.293 e. The molecule has 0 aliphatic carbocycles. The lowest BCUT2D eigenvalue weighted by atomic mass is 10.2. The van der Waals surface area contributed by atoms with Gasteiger partial charge in [-0.1, -0.05) is 29.8 Å². The molecular formula is C13H12ClNO2. The molecule has 0 fully saturated rings. The number of benzene rings is 1. The van der Waals surface area contributed by atoms with Crippen LogP contribution in [-0.4, -0.2) is 11.7 Å². The van der Waals surface area contributed by atoms with Crippen molar-refractivity contribution in [1.29, 1.82) is 0 Å². The fourth-order valence-electron chi connectivity index (χ4n) is 1.60. The Bertz CT molecular complexity index is 578. The molecule has 0 aliphatic rings. The minimum atomic E-state index is -0.157. The van der Waals surface area contributed by atoms with Crippen molar-refractivity contribution in [2.75, 3.05) is 7.11 Å². The Labute approximate surface area is 104 Å². The van der Waals surface area contributed by atoms with Crippen LogP contribution >= 0.6 is 11.6 Å². The highest BCUT2D eigenvalue weighted by molar-refractivity contribution is 6.31. The molecule has 0 saturated heterocycles. The summed E-state index contributed by atoms with van der Waals surface area (Å²) in [6.07, 6.45) is 1.72. The van der Waals surface area contributed by atoms with Gasteiger partial charge in [0.05, 0.1) is 13.7 Å². The number of halogens is 1. The number of nitrogens with zero attached hydrogens (tertiary/aromatic N) is 1. The van der Waals surface area contributed by atoms with Crippen molar-refractivity contribution >= 4 is 11.6 Å². The third-order valence-corrected chi connectivity index (χ3v) is 2.87. The van der Waals surface area contributed by atoms with E-state index in [0.717, 1.165) is 5.56 Å². The van der Waals surface area contributed by atoms with Gasteiger partial charge in [0.15, 0.2) is 5.75 Å². The molecule has 3 nitrogen and oxygen atoms in total. The van der Waals surface area contributed by atoms with Crippen molar-refractivity contribution in [3.63, 3.8) is 0 Å². The van der Waals surface area contributed by atoms with Crippen LogP contribution in [0.5, 0.6) is 5.75 Å². The van der Waals surface area contributed by atoms with E-state index in [1.165, 1.54) is 7.11 Å². The van der Waals surface area contributed by atoms with E-state index >= 15 is 0 Å². The Morgan fingerprint density at radius 3 is 2.71 bits per heavy atom. The summed E-state index contributed by atoms with van der Waals surface area (Å²) >= 11 is 6.05. The molecule has 0 unspecified atom stereocenters. The fourth-order valence-corrected chi connectivity index (χ4v) is 1.80. The highest BCUT2D eigenvalue weighted by Crippen LogP contribution is 2.15. The van der Waals surface area contributed by atoms with E-state index in [0.29, 0.717) is 17.3 Å². The largest absolute Gasteiger partial charge is 0.491 e. The topological polar surface area (TPSA) is 31.2 Å². The molecule has 0 amide bonds. The maximum atomic E-state index is 11.9. The monoisotopic (exact) mass is 249 g/mol. The van der Waals surface area contributed by atoms with Gasteiger partial charge in [-0.25, -0.2) is 0 Å². The van der Waals surface area contributed by atoms with E-state index in [1.54, 1.807) is 22.9 Å². The average molecular weight is 250 g/mol. The standard InChI is InChI=1S/C13H12ClNO2/c1-17-12-7-4-8-15(13(12)16)9-10-5-2-3-6-11(10)14/h2-8H,9H2,1H3. The predicted octanol–water partition coefficient (Wildman–Crippen LogP) is 2.56. The Morgan fingerprint density at radius 2 is 2.00 bits per heavy atom. The molecule has 2 aromatic rings. The zero-order valence-corrected chi connectivity index (χ0v) is 10.1. The van der Waals surface area contributed by atoms with Gasteiger partial charge in [-0.15, -0.1) is 0 Å². The van der Waals surface area contributed by atoms with Crippen LogP contribution in [0.2, 0.25) is 5.02 Å². The first-order valence-corrected chi connectivity index (χ1v) is 5.57. The van der Waals surface area contributed by atoms with Crippen molar-refractivity contribution in [2.24, 2.45) is 0 Å². The number of ether oxygens (including phenoxy) is 1. The molecule has 17 heavy (non-hydrogen) atoms. The Balaban J connectivity index is 2.37. The number of hydrogen-bond acceptors (Lipinski definition) is 2. The number of hydrogen-bond donors (Lipinski definition) is 0. The number of aromatic nitrogens is 1. The molecule has 1 heterocycles. The Hall–Kier alpha value is -1.74. The SMILES string of the molecule is COc1cccn(Cc2ccccc2Cl)c1=O. The van der Waals surface area contributed by atoms with Crippen molar-refractivity contribution < 1.29 is 4.74 Å². The highest BCUT2D eigenvalue weighted by atomic mass is 35.5. The molecule has 0 atom stereocenters. The van der Waals surface area contributed by atoms with Gasteiger partial charge in [-0.3, -0.25) is 4.79 Å². The molecule has 0 saturated carbocycles. The molecule has 0 aliphatic heterocycles. The predicted molar refractivity (Wildman–Crippen MR) is 67.8 cm³/mol. The van der Waals surface area contributed by atoms with Crippen LogP contribution in [0, 0.1) is 0 Å². The highest BCUT2D eigenvalue weighted by Gasteiger charge is 2.05. The number of rotatable bonds is 3. The van der Waals surface area contributed by atoms with Crippen LogP contribution in [0.4, 0.5) is 0 Å². The quantitative estimate of drug-likeness (QED) is 0.837. The summed E-state index contributed by atoms with van der Waals surface area (Å²) in [5.74, 6) is 0.333. The van der Waals surface area contributed by atoms with Crippen molar-refractivity contribution in [3.05, 3.63) is 63.5 Å². The summed E-state index contributed by atoms with van der Waals surface area (Å²) in [5.41, 5.74) is 0.749. The molecule has 0 N–H and O–H groups in total. The van der Waals surface area contributed by atoms with Crippen molar-refractivity contribution in [2.45, 2.75) is 6.54 Å². The molecule has 0 radical (unpaired) electrons. The van der Waals surface area contributed by atoms with Gasteiger partial charge in [0.1, 0.15) is 0 Å². The molecule has 0 spiro atoms. The molecule has 2 rings (SSSR count). The first kappa shape index (κ1) is 11.7. The maximum absolute atomic E-state index is 11.9. The van der Waals surface area contributed by atoms with Crippen LogP contribution in [0.25, 0.3) is 0 Å². The van der Waals surface area contributed by atoms with E-state index in [4.69, 9.17) is 16.3 Å². The van der Waals surface area contributed by atoms with Crippen LogP contribution in [0.3, 0.4) is 0 Å². The summed E-state index contributed by atoms with van der Waals surface area (Å²) in [4.78, 5) is 11.9. The normalized spacial score (nSPS) is 10.2. The summed E-state index contributed by atoms with van der Waals surface area (Å²) in [6.45, 7) is 0.440. The van der Waals surface area contributed by atoms with Crippen molar-refractivity contribution in [3.8, 4) is 5.75 Å². The second-order valence-electron chi connectivity index (χ2n) is 3.60. The molecular weight excluding hydrogens is 238 g/mol. The molecule has 88 valence electrons. The van der Waals surface area contributed by atoms with Gasteiger partial charge >= 0.3 is 0 Å². The van der Waals surface area contributed by atoms with E-state index < -0.39 is 0 Å². The van der Waals surface area contributed by atoms with Crippen LogP contribution < -0.4 is 10.3 Å². The number of methoxy groups -OCH3 is 1. The third-order valence-electron chi connectivity index (χ3n) is 2.50. The second kappa shape index (κ2) is 5.06. The van der Waals surface area contributed by atoms with Gasteiger partial charge < -0.3 is 9.30 Å². The third kappa shape index (κ3) is 2.50. The molecule has 0 bridgehead atoms. The number of pyridine rings is 1. The van der Waals surface area contributed by atoms with Gasteiger partial charge in [0.25, 0.3) is 5.56 Å². The second-order valence-corrected chi connectivity index (χ2v) is 4.01. The van der Waals surface area contributed by atoms with Crippen LogP contribution in [0.1, 0.15) is 5.56 Å². The Morgan fingerprint density at radius 1 is 1.24 bits per heavy atom. The van der Waals surface area contributed by atoms with Gasteiger partial charge in [0.2, 0.25) is 0 Å². The summed E-state index contributed by atoms with van der Waals surface area (Å²) < 4.78 is 6.56. The van der Waals surface area contributed by atoms with E-state index in [2.05, 4.69) is 0 Å². The van der Waals surface area contributed by atoms with Crippen LogP contribution in [0.15, 0.2) is 47.4 Å². The summed E-state index contributed by atoms with van der Waals surface area (Å²) in [6, 6.07) is 10.9. The molecule has 1 aromatic carbocycles. The smallest absolute Gasteiger partial charge is 0.293 e. The van der Waals surface area contributed by atoms with E-state index in [-0.39, 0.29) is 5.56 Å². The first-order chi connectivity index (χ1) is 8.22. The van der Waals surface area contributed by atoms with Gasteiger partial charge in [-0.05, 0) is 23.8 Å². The lowest BCUT2D eigenvalue weighted by Gasteiger charge is -2.08. The van der Waals surface area contributed by atoms with Gasteiger partial charge in [0, 0.05) is 11.2 Å². The first-order valence-electron chi connectivity index (χ1n) is 5.19. The van der Waals surface area contributed by atoms with E-state index in [1.807, 2.05) is 24.3 Å². The lowest BCUT2D eigenvalue weighted by Crippen LogP contribution is -2.21. The fraction of sp³-hybridized carbons (Fsp3) is 0.154.